The van der Waals surface area contributed by atoms with Crippen LogP contribution in [0.1, 0.15) is 49.8 Å². The third kappa shape index (κ3) is 3.74. The lowest BCUT2D eigenvalue weighted by Gasteiger charge is -2.34. The molecule has 2 bridgehead atoms. The lowest BCUT2D eigenvalue weighted by molar-refractivity contribution is 0.108. The quantitative estimate of drug-likeness (QED) is 0.373. The Morgan fingerprint density at radius 1 is 1.02 bits per heavy atom. The molecule has 8 nitrogen and oxygen atoms in total. The molecule has 4 fully saturated rings. The van der Waals surface area contributed by atoms with E-state index in [0.29, 0.717) is 29.8 Å². The van der Waals surface area contributed by atoms with Gasteiger partial charge in [-0.1, -0.05) is 12.1 Å². The van der Waals surface area contributed by atoms with E-state index < -0.39 is 0 Å². The van der Waals surface area contributed by atoms with Crippen LogP contribution in [0.3, 0.4) is 0 Å². The smallest absolute Gasteiger partial charge is 0.319 e. The molecule has 6 heterocycles. The number of piperazine rings is 1. The summed E-state index contributed by atoms with van der Waals surface area (Å²) in [6.07, 6.45) is 7.01. The fraction of sp³-hybridized carbons (Fsp3) is 0.516. The Kier molecular flexibility index (Phi) is 5.58. The number of halogens is 1. The Balaban J connectivity index is 1.26. The van der Waals surface area contributed by atoms with Gasteiger partial charge in [-0.05, 0) is 88.7 Å². The molecule has 4 aromatic rings. The van der Waals surface area contributed by atoms with E-state index in [4.69, 9.17) is 14.7 Å². The van der Waals surface area contributed by atoms with Gasteiger partial charge in [-0.25, -0.2) is 4.39 Å². The molecule has 2 atom stereocenters. The van der Waals surface area contributed by atoms with Gasteiger partial charge in [-0.15, -0.1) is 0 Å². The van der Waals surface area contributed by atoms with Gasteiger partial charge in [0.05, 0.1) is 11.1 Å². The molecule has 2 aromatic carbocycles. The van der Waals surface area contributed by atoms with Crippen molar-refractivity contribution in [2.75, 3.05) is 37.7 Å². The predicted octanol–water partition coefficient (Wildman–Crippen LogP) is 4.88. The number of hydrogen-bond donors (Lipinski definition) is 2. The van der Waals surface area contributed by atoms with Crippen molar-refractivity contribution in [1.82, 2.24) is 30.4 Å². The van der Waals surface area contributed by atoms with Crippen LogP contribution < -0.4 is 15.0 Å². The zero-order chi connectivity index (χ0) is 27.0. The number of H-pyrrole nitrogens is 1. The zero-order valence-electron chi connectivity index (χ0n) is 23.3. The Morgan fingerprint density at radius 3 is 2.58 bits per heavy atom. The van der Waals surface area contributed by atoms with Crippen molar-refractivity contribution >= 4 is 27.6 Å². The summed E-state index contributed by atoms with van der Waals surface area (Å²) in [6, 6.07) is 9.04. The molecule has 4 saturated heterocycles. The first-order valence-corrected chi connectivity index (χ1v) is 14.8. The molecule has 0 aliphatic carbocycles. The molecule has 40 heavy (non-hydrogen) atoms. The number of ether oxygens (including phenoxy) is 1. The van der Waals surface area contributed by atoms with Gasteiger partial charge in [0.2, 0.25) is 0 Å². The predicted molar refractivity (Wildman–Crippen MR) is 154 cm³/mol. The van der Waals surface area contributed by atoms with E-state index in [1.54, 1.807) is 0 Å². The number of benzene rings is 2. The summed E-state index contributed by atoms with van der Waals surface area (Å²) in [7, 11) is 0. The Labute approximate surface area is 233 Å². The van der Waals surface area contributed by atoms with Crippen molar-refractivity contribution in [3.8, 4) is 17.1 Å². The number of hydrogen-bond acceptors (Lipinski definition) is 7. The van der Waals surface area contributed by atoms with E-state index >= 15 is 4.39 Å². The highest BCUT2D eigenvalue weighted by atomic mass is 19.1. The molecule has 0 unspecified atom stereocenters. The fourth-order valence-corrected chi connectivity index (χ4v) is 7.97. The van der Waals surface area contributed by atoms with Crippen LogP contribution in [-0.2, 0) is 0 Å². The lowest BCUT2D eigenvalue weighted by Crippen LogP contribution is -2.51. The molecule has 0 amide bonds. The van der Waals surface area contributed by atoms with Crippen molar-refractivity contribution in [3.05, 3.63) is 41.3 Å². The molecule has 0 spiro atoms. The highest BCUT2D eigenvalue weighted by Crippen LogP contribution is 2.41. The van der Waals surface area contributed by atoms with Crippen molar-refractivity contribution in [1.29, 1.82) is 0 Å². The van der Waals surface area contributed by atoms with Crippen LogP contribution in [0.25, 0.3) is 32.9 Å². The summed E-state index contributed by atoms with van der Waals surface area (Å²) in [5, 5.41) is 12.9. The largest absolute Gasteiger partial charge is 0.461 e. The molecule has 9 heteroatoms. The number of nitrogens with zero attached hydrogens (tertiary/aromatic N) is 5. The Bertz CT molecular complexity index is 1610. The van der Waals surface area contributed by atoms with E-state index in [0.717, 1.165) is 90.8 Å². The average Bonchev–Trinajstić information content (AvgIpc) is 3.72. The van der Waals surface area contributed by atoms with E-state index in [-0.39, 0.29) is 17.4 Å². The molecular formula is C31H36FN7O. The summed E-state index contributed by atoms with van der Waals surface area (Å²) < 4.78 is 23.1. The van der Waals surface area contributed by atoms with Gasteiger partial charge in [-0.2, -0.15) is 15.1 Å². The molecule has 2 aromatic heterocycles. The average molecular weight is 542 g/mol. The monoisotopic (exact) mass is 541 g/mol. The van der Waals surface area contributed by atoms with Crippen LogP contribution in [-0.4, -0.2) is 75.5 Å². The lowest BCUT2D eigenvalue weighted by atomic mass is 9.94. The van der Waals surface area contributed by atoms with Crippen LogP contribution in [0, 0.1) is 19.7 Å². The molecule has 208 valence electrons. The van der Waals surface area contributed by atoms with E-state index in [9.17, 15) is 0 Å². The molecule has 8 rings (SSSR count). The number of fused-ring (bicyclic) bond motifs is 5. The maximum Gasteiger partial charge on any atom is 0.319 e. The number of aryl methyl sites for hydroxylation is 2. The zero-order valence-corrected chi connectivity index (χ0v) is 23.3. The van der Waals surface area contributed by atoms with Crippen molar-refractivity contribution in [2.45, 2.75) is 70.0 Å². The maximum atomic E-state index is 16.7. The standard InChI is InChI=1S/C31H36FN7O/c1-18-5-10-24-26(19(2)36-37-24)25(18)22-8-9-23-28(27(22)32)34-30(40-17-31-11-3-13-39(31)14-4-12-31)35-29(23)38-15-20-6-7-21(16-38)33-20/h5,8-10,20-21,33H,3-4,6-7,11-17H2,1-2H3,(H,36,37)/t20-,21+. The second-order valence-corrected chi connectivity index (χ2v) is 12.4. The number of aromatic amines is 1. The summed E-state index contributed by atoms with van der Waals surface area (Å²) in [4.78, 5) is 14.6. The van der Waals surface area contributed by atoms with Gasteiger partial charge >= 0.3 is 6.01 Å². The molecule has 0 saturated carbocycles. The van der Waals surface area contributed by atoms with Crippen LogP contribution in [0.15, 0.2) is 24.3 Å². The molecular weight excluding hydrogens is 505 g/mol. The maximum absolute atomic E-state index is 16.7. The topological polar surface area (TPSA) is 82.2 Å². The third-order valence-corrected chi connectivity index (χ3v) is 9.94. The van der Waals surface area contributed by atoms with Gasteiger partial charge in [0.15, 0.2) is 5.82 Å². The normalized spacial score (nSPS) is 23.9. The summed E-state index contributed by atoms with van der Waals surface area (Å²) in [6.45, 7) is 8.54. The highest BCUT2D eigenvalue weighted by molar-refractivity contribution is 6.01. The molecule has 0 radical (unpaired) electrons. The van der Waals surface area contributed by atoms with Crippen molar-refractivity contribution in [2.24, 2.45) is 0 Å². The number of aromatic nitrogens is 4. The molecule has 2 N–H and O–H groups in total. The third-order valence-electron chi connectivity index (χ3n) is 9.94. The minimum atomic E-state index is -0.332. The van der Waals surface area contributed by atoms with Gasteiger partial charge in [0.1, 0.15) is 17.9 Å². The van der Waals surface area contributed by atoms with Gasteiger partial charge in [0.25, 0.3) is 0 Å². The molecule has 4 aliphatic heterocycles. The minimum Gasteiger partial charge on any atom is -0.461 e. The Hall–Kier alpha value is -3.30. The van der Waals surface area contributed by atoms with Crippen LogP contribution in [0.5, 0.6) is 6.01 Å². The number of nitrogens with one attached hydrogen (secondary N) is 2. The summed E-state index contributed by atoms with van der Waals surface area (Å²) in [5.41, 5.74) is 4.55. The second-order valence-electron chi connectivity index (χ2n) is 12.4. The van der Waals surface area contributed by atoms with E-state index in [1.807, 2.05) is 38.1 Å². The second kappa shape index (κ2) is 9.11. The minimum absolute atomic E-state index is 0.0680. The Morgan fingerprint density at radius 2 is 1.80 bits per heavy atom. The first kappa shape index (κ1) is 24.5. The van der Waals surface area contributed by atoms with Crippen LogP contribution in [0.2, 0.25) is 0 Å². The van der Waals surface area contributed by atoms with E-state index in [1.165, 1.54) is 12.8 Å². The summed E-state index contributed by atoms with van der Waals surface area (Å²) in [5.74, 6) is 0.451. The first-order valence-electron chi connectivity index (χ1n) is 14.8. The van der Waals surface area contributed by atoms with Gasteiger partial charge in [0, 0.05) is 47.2 Å². The highest BCUT2D eigenvalue weighted by Gasteiger charge is 2.45. The number of anilines is 1. The SMILES string of the molecule is Cc1ccc2n[nH]c(C)c2c1-c1ccc2c(N3C[C@H]4CC[C@@H](C3)N4)nc(OCC34CCCN3CCC4)nc2c1F. The van der Waals surface area contributed by atoms with Crippen LogP contribution >= 0.6 is 0 Å². The van der Waals surface area contributed by atoms with Crippen molar-refractivity contribution in [3.63, 3.8) is 0 Å². The van der Waals surface area contributed by atoms with Crippen LogP contribution in [0.4, 0.5) is 10.2 Å². The van der Waals surface area contributed by atoms with E-state index in [2.05, 4.69) is 25.3 Å². The number of rotatable bonds is 5. The van der Waals surface area contributed by atoms with Crippen molar-refractivity contribution < 1.29 is 9.13 Å². The molecule has 4 aliphatic rings. The van der Waals surface area contributed by atoms with Gasteiger partial charge in [-0.3, -0.25) is 10.00 Å². The summed E-state index contributed by atoms with van der Waals surface area (Å²) >= 11 is 0. The first-order chi connectivity index (χ1) is 19.5. The van der Waals surface area contributed by atoms with Gasteiger partial charge < -0.3 is 15.0 Å². The fourth-order valence-electron chi connectivity index (χ4n) is 7.97.